The third-order valence-electron chi connectivity index (χ3n) is 11.1. The minimum atomic E-state index is 0.638. The minimum absolute atomic E-state index is 0.638. The second-order valence-corrected chi connectivity index (χ2v) is 15.7. The van der Waals surface area contributed by atoms with Crippen LogP contribution in [-0.4, -0.2) is 29.1 Å². The van der Waals surface area contributed by atoms with E-state index in [9.17, 15) is 0 Å². The fourth-order valence-corrected chi connectivity index (χ4v) is 7.78. The van der Waals surface area contributed by atoms with Crippen molar-refractivity contribution >= 4 is 0 Å². The van der Waals surface area contributed by atoms with Gasteiger partial charge in [-0.25, -0.2) is 0 Å². The van der Waals surface area contributed by atoms with Crippen molar-refractivity contribution in [3.8, 4) is 0 Å². The molecule has 0 aliphatic carbocycles. The van der Waals surface area contributed by atoms with Gasteiger partial charge in [-0.2, -0.15) is 0 Å². The molecule has 1 rings (SSSR count). The van der Waals surface area contributed by atoms with Gasteiger partial charge in [0.05, 0.1) is 0 Å². The molecule has 0 saturated carbocycles. The van der Waals surface area contributed by atoms with Crippen molar-refractivity contribution in [2.24, 2.45) is 0 Å². The zero-order chi connectivity index (χ0) is 33.7. The Morgan fingerprint density at radius 2 is 0.489 bits per heavy atom. The highest BCUT2D eigenvalue weighted by molar-refractivity contribution is 4.97. The van der Waals surface area contributed by atoms with E-state index in [1.54, 1.807) is 0 Å². The second-order valence-electron chi connectivity index (χ2n) is 15.7. The van der Waals surface area contributed by atoms with Gasteiger partial charge in [0, 0.05) is 25.5 Å². The standard InChI is InChI=1S/C45H90N2/c1-4-7-10-13-16-19-21-23-24-25-27-30-33-36-39-42-47-44-43-46(45(47)40-37-34-31-28-18-15-12-9-6-3)41-38-35-32-29-26-22-20-17-14-11-8-5-2/h43-45H,4-42H2,1-3H3. The van der Waals surface area contributed by atoms with Gasteiger partial charge in [-0.1, -0.05) is 233 Å². The molecule has 0 N–H and O–H groups in total. The molecule has 47 heavy (non-hydrogen) atoms. The summed E-state index contributed by atoms with van der Waals surface area (Å²) in [5.41, 5.74) is 0. The summed E-state index contributed by atoms with van der Waals surface area (Å²) in [5.74, 6) is 0. The quantitative estimate of drug-likeness (QED) is 0.0606. The Balaban J connectivity index is 2.18. The molecule has 1 aliphatic heterocycles. The Bertz CT molecular complexity index is 615. The molecule has 0 bridgehead atoms. The first kappa shape index (κ1) is 44.4. The Labute approximate surface area is 299 Å². The van der Waals surface area contributed by atoms with Gasteiger partial charge in [-0.15, -0.1) is 0 Å². The van der Waals surface area contributed by atoms with Gasteiger partial charge in [0.25, 0.3) is 0 Å². The molecule has 1 atom stereocenters. The smallest absolute Gasteiger partial charge is 0.101 e. The first-order valence-corrected chi connectivity index (χ1v) is 22.5. The predicted molar refractivity (Wildman–Crippen MR) is 214 cm³/mol. The van der Waals surface area contributed by atoms with Crippen LogP contribution in [-0.2, 0) is 0 Å². The maximum atomic E-state index is 2.73. The van der Waals surface area contributed by atoms with Gasteiger partial charge in [-0.3, -0.25) is 0 Å². The molecule has 0 amide bonds. The first-order chi connectivity index (χ1) is 23.3. The molecule has 0 saturated heterocycles. The third-order valence-corrected chi connectivity index (χ3v) is 11.1. The molecule has 280 valence electrons. The summed E-state index contributed by atoms with van der Waals surface area (Å²) in [4.78, 5) is 5.46. The summed E-state index contributed by atoms with van der Waals surface area (Å²) in [5, 5.41) is 0. The van der Waals surface area contributed by atoms with Gasteiger partial charge >= 0.3 is 0 Å². The highest BCUT2D eigenvalue weighted by Gasteiger charge is 2.24. The average Bonchev–Trinajstić information content (AvgIpc) is 3.47. The SMILES string of the molecule is CCCCCCCCCCCCCCCCCN1C=CN(CCCCCCCCCCCCCC)C1CCCCCCCCCCC. The van der Waals surface area contributed by atoms with Gasteiger partial charge in [0.15, 0.2) is 0 Å². The zero-order valence-corrected chi connectivity index (χ0v) is 33.2. The summed E-state index contributed by atoms with van der Waals surface area (Å²) >= 11 is 0. The molecule has 1 unspecified atom stereocenters. The number of nitrogens with zero attached hydrogens (tertiary/aromatic N) is 2. The fraction of sp³-hybridized carbons (Fsp3) is 0.956. The van der Waals surface area contributed by atoms with Crippen LogP contribution in [0, 0.1) is 0 Å². The summed E-state index contributed by atoms with van der Waals surface area (Å²) in [6.45, 7) is 9.49. The maximum absolute atomic E-state index is 2.73. The van der Waals surface area contributed by atoms with Gasteiger partial charge in [0.2, 0.25) is 0 Å². The van der Waals surface area contributed by atoms with Crippen molar-refractivity contribution in [3.05, 3.63) is 12.4 Å². The Morgan fingerprint density at radius 1 is 0.277 bits per heavy atom. The van der Waals surface area contributed by atoms with Crippen molar-refractivity contribution in [3.63, 3.8) is 0 Å². The van der Waals surface area contributed by atoms with E-state index in [1.807, 2.05) is 0 Å². The lowest BCUT2D eigenvalue weighted by Gasteiger charge is -2.33. The second kappa shape index (κ2) is 36.6. The summed E-state index contributed by atoms with van der Waals surface area (Å²) in [6.07, 6.45) is 58.9. The third kappa shape index (κ3) is 28.8. The Hall–Kier alpha value is -0.660. The largest absolute Gasteiger partial charge is 0.356 e. The molecule has 0 aromatic carbocycles. The van der Waals surface area contributed by atoms with E-state index in [1.165, 1.54) is 251 Å². The van der Waals surface area contributed by atoms with Crippen molar-refractivity contribution in [2.75, 3.05) is 13.1 Å². The van der Waals surface area contributed by atoms with E-state index in [-0.39, 0.29) is 0 Å². The van der Waals surface area contributed by atoms with E-state index in [4.69, 9.17) is 0 Å². The fourth-order valence-electron chi connectivity index (χ4n) is 7.78. The predicted octanol–water partition coefficient (Wildman–Crippen LogP) is 15.9. The van der Waals surface area contributed by atoms with E-state index in [0.29, 0.717) is 6.17 Å². The topological polar surface area (TPSA) is 6.48 Å². The number of hydrogen-bond acceptors (Lipinski definition) is 2. The summed E-state index contributed by atoms with van der Waals surface area (Å²) < 4.78 is 0. The highest BCUT2D eigenvalue weighted by atomic mass is 15.4. The molecule has 0 spiro atoms. The van der Waals surface area contributed by atoms with E-state index < -0.39 is 0 Å². The normalized spacial score (nSPS) is 14.7. The zero-order valence-electron chi connectivity index (χ0n) is 33.2. The number of unbranched alkanes of at least 4 members (excludes halogenated alkanes) is 33. The van der Waals surface area contributed by atoms with Crippen molar-refractivity contribution in [2.45, 2.75) is 265 Å². The molecule has 0 fully saturated rings. The van der Waals surface area contributed by atoms with E-state index >= 15 is 0 Å². The van der Waals surface area contributed by atoms with Gasteiger partial charge < -0.3 is 9.80 Å². The van der Waals surface area contributed by atoms with Crippen molar-refractivity contribution in [1.29, 1.82) is 0 Å². The molecular formula is C45H90N2. The van der Waals surface area contributed by atoms with Crippen LogP contribution < -0.4 is 0 Å². The lowest BCUT2D eigenvalue weighted by Crippen LogP contribution is -2.39. The molecule has 0 aromatic rings. The van der Waals surface area contributed by atoms with Crippen LogP contribution in [0.25, 0.3) is 0 Å². The summed E-state index contributed by atoms with van der Waals surface area (Å²) in [6, 6.07) is 0. The Kier molecular flexibility index (Phi) is 34.6. The van der Waals surface area contributed by atoms with Crippen LogP contribution in [0.4, 0.5) is 0 Å². The maximum Gasteiger partial charge on any atom is 0.101 e. The first-order valence-electron chi connectivity index (χ1n) is 22.5. The Morgan fingerprint density at radius 3 is 0.745 bits per heavy atom. The molecule has 0 radical (unpaired) electrons. The lowest BCUT2D eigenvalue weighted by atomic mass is 10.0. The monoisotopic (exact) mass is 659 g/mol. The van der Waals surface area contributed by atoms with Crippen LogP contribution in [0.5, 0.6) is 0 Å². The van der Waals surface area contributed by atoms with Gasteiger partial charge in [-0.05, 0) is 25.7 Å². The molecule has 2 heteroatoms. The average molecular weight is 659 g/mol. The van der Waals surface area contributed by atoms with Crippen LogP contribution in [0.15, 0.2) is 12.4 Å². The highest BCUT2D eigenvalue weighted by Crippen LogP contribution is 2.24. The van der Waals surface area contributed by atoms with Crippen LogP contribution in [0.2, 0.25) is 0 Å². The molecule has 1 aliphatic rings. The van der Waals surface area contributed by atoms with Crippen molar-refractivity contribution < 1.29 is 0 Å². The molecule has 2 nitrogen and oxygen atoms in total. The molecular weight excluding hydrogens is 569 g/mol. The van der Waals surface area contributed by atoms with Crippen LogP contribution in [0.3, 0.4) is 0 Å². The minimum Gasteiger partial charge on any atom is -0.356 e. The van der Waals surface area contributed by atoms with Crippen LogP contribution >= 0.6 is 0 Å². The van der Waals surface area contributed by atoms with Crippen LogP contribution in [0.1, 0.15) is 258 Å². The van der Waals surface area contributed by atoms with E-state index in [0.717, 1.165) is 0 Å². The number of rotatable bonds is 39. The summed E-state index contributed by atoms with van der Waals surface area (Å²) in [7, 11) is 0. The van der Waals surface area contributed by atoms with Gasteiger partial charge in [0.1, 0.15) is 6.17 Å². The number of hydrogen-bond donors (Lipinski definition) is 0. The molecule has 0 aromatic heterocycles. The molecule has 1 heterocycles. The lowest BCUT2D eigenvalue weighted by molar-refractivity contribution is 0.135. The van der Waals surface area contributed by atoms with Crippen molar-refractivity contribution in [1.82, 2.24) is 9.80 Å². The van der Waals surface area contributed by atoms with E-state index in [2.05, 4.69) is 43.0 Å².